The van der Waals surface area contributed by atoms with Gasteiger partial charge in [-0.1, -0.05) is 0 Å². The third-order valence-electron chi connectivity index (χ3n) is 1.43. The first kappa shape index (κ1) is 5.54. The van der Waals surface area contributed by atoms with Crippen LogP contribution in [0.25, 0.3) is 0 Å². The van der Waals surface area contributed by atoms with Crippen molar-refractivity contribution >= 4 is 12.7 Å². The van der Waals surface area contributed by atoms with Crippen LogP contribution in [0.5, 0.6) is 0 Å². The highest BCUT2D eigenvalue weighted by Gasteiger charge is 2.40. The molecule has 0 saturated heterocycles. The Morgan fingerprint density at radius 1 is 1.60 bits per heavy atom. The second-order valence-electron chi connectivity index (χ2n) is 2.13. The van der Waals surface area contributed by atoms with Gasteiger partial charge in [0.05, 0.1) is 0 Å². The fourth-order valence-electron chi connectivity index (χ4n) is 0.894. The summed E-state index contributed by atoms with van der Waals surface area (Å²) in [5.74, 6) is 11.8. The molecule has 0 aromatic rings. The Morgan fingerprint density at radius 3 is 3.10 bits per heavy atom. The predicted octanol–water partition coefficient (Wildman–Crippen LogP) is -1.35. The van der Waals surface area contributed by atoms with E-state index in [1.807, 2.05) is 0 Å². The minimum absolute atomic E-state index is 0.156. The molecule has 4 N–H and O–H groups in total. The first-order chi connectivity index (χ1) is 4.72. The Kier molecular flexibility index (Phi) is 0.791. The van der Waals surface area contributed by atoms with Crippen molar-refractivity contribution in [2.75, 3.05) is 0 Å². The van der Waals surface area contributed by atoms with Crippen molar-refractivity contribution in [1.82, 2.24) is 5.01 Å². The molecule has 0 fully saturated rings. The zero-order chi connectivity index (χ0) is 7.19. The summed E-state index contributed by atoms with van der Waals surface area (Å²) in [5.41, 5.74) is 0. The minimum atomic E-state index is -0.156. The van der Waals surface area contributed by atoms with Crippen molar-refractivity contribution in [2.24, 2.45) is 21.8 Å². The lowest BCUT2D eigenvalue weighted by Gasteiger charge is -2.13. The normalized spacial score (nSPS) is 35.0. The predicted molar refractivity (Wildman–Crippen MR) is 35.5 cm³/mol. The highest BCUT2D eigenvalue weighted by Crippen LogP contribution is 2.20. The molecule has 1 atom stereocenters. The van der Waals surface area contributed by atoms with Crippen LogP contribution in [-0.4, -0.2) is 22.4 Å². The number of hydrazine groups is 1. The van der Waals surface area contributed by atoms with E-state index in [-0.39, 0.29) is 4.70 Å². The maximum atomic E-state index is 5.66. The first-order valence-corrected chi connectivity index (χ1v) is 2.74. The molecule has 0 radical (unpaired) electrons. The summed E-state index contributed by atoms with van der Waals surface area (Å²) in [6.45, 7) is 0. The fourth-order valence-corrected chi connectivity index (χ4v) is 0.894. The lowest BCUT2D eigenvalue weighted by Crippen LogP contribution is -2.46. The SMILES string of the molecule is NN1C=N[N+]2(N)C=NC=C12. The lowest BCUT2D eigenvalue weighted by atomic mass is 10.7. The highest BCUT2D eigenvalue weighted by atomic mass is 15.9. The molecule has 0 aromatic carbocycles. The molecule has 52 valence electrons. The summed E-state index contributed by atoms with van der Waals surface area (Å²) in [7, 11) is 0. The lowest BCUT2D eigenvalue weighted by molar-refractivity contribution is -0.813. The van der Waals surface area contributed by atoms with Crippen LogP contribution in [0, 0.1) is 0 Å². The van der Waals surface area contributed by atoms with Gasteiger partial charge in [0, 0.05) is 0 Å². The van der Waals surface area contributed by atoms with E-state index in [9.17, 15) is 0 Å². The zero-order valence-corrected chi connectivity index (χ0v) is 5.18. The summed E-state index contributed by atoms with van der Waals surface area (Å²) in [4.78, 5) is 3.81. The average molecular weight is 139 g/mol. The van der Waals surface area contributed by atoms with Gasteiger partial charge < -0.3 is 0 Å². The van der Waals surface area contributed by atoms with E-state index in [1.54, 1.807) is 6.20 Å². The van der Waals surface area contributed by atoms with Crippen molar-refractivity contribution in [1.29, 1.82) is 0 Å². The third kappa shape index (κ3) is 0.474. The van der Waals surface area contributed by atoms with Gasteiger partial charge in [-0.2, -0.15) is 4.99 Å². The van der Waals surface area contributed by atoms with Crippen molar-refractivity contribution in [2.45, 2.75) is 0 Å². The Balaban J connectivity index is 2.47. The average Bonchev–Trinajstić information content (AvgIpc) is 2.35. The Bertz CT molecular complexity index is 252. The number of aliphatic imine (C=N–C) groups is 1. The van der Waals surface area contributed by atoms with E-state index >= 15 is 0 Å². The minimum Gasteiger partial charge on any atom is -0.237 e. The number of quaternary nitrogens is 1. The molecule has 2 aliphatic heterocycles. The van der Waals surface area contributed by atoms with Crippen molar-refractivity contribution in [3.63, 3.8) is 0 Å². The summed E-state index contributed by atoms with van der Waals surface area (Å²) < 4.78 is -0.156. The van der Waals surface area contributed by atoms with Crippen LogP contribution in [0.1, 0.15) is 0 Å². The molecule has 6 heteroatoms. The fraction of sp³-hybridized carbons (Fsp3) is 0. The van der Waals surface area contributed by atoms with Gasteiger partial charge in [-0.25, -0.2) is 10.9 Å². The van der Waals surface area contributed by atoms with Crippen LogP contribution in [0.15, 0.2) is 22.1 Å². The number of hydrogen-bond donors (Lipinski definition) is 2. The van der Waals surface area contributed by atoms with Crippen LogP contribution in [0.4, 0.5) is 0 Å². The van der Waals surface area contributed by atoms with E-state index in [2.05, 4.69) is 10.1 Å². The van der Waals surface area contributed by atoms with Crippen LogP contribution in [0.2, 0.25) is 0 Å². The van der Waals surface area contributed by atoms with Gasteiger partial charge in [-0.05, 0) is 9.80 Å². The zero-order valence-electron chi connectivity index (χ0n) is 5.18. The number of nitrogens with two attached hydrogens (primary N) is 2. The van der Waals surface area contributed by atoms with Crippen molar-refractivity contribution < 1.29 is 4.70 Å². The summed E-state index contributed by atoms with van der Waals surface area (Å²) in [6, 6.07) is 0. The van der Waals surface area contributed by atoms with E-state index in [0.717, 1.165) is 0 Å². The maximum Gasteiger partial charge on any atom is 0.295 e. The Hall–Kier alpha value is -1.24. The molecule has 0 spiro atoms. The van der Waals surface area contributed by atoms with Gasteiger partial charge in [0.25, 0.3) is 5.82 Å². The molecule has 0 bridgehead atoms. The van der Waals surface area contributed by atoms with E-state index < -0.39 is 0 Å². The molecule has 0 aromatic heterocycles. The van der Waals surface area contributed by atoms with Crippen molar-refractivity contribution in [3.05, 3.63) is 12.0 Å². The molecular weight excluding hydrogens is 132 g/mol. The smallest absolute Gasteiger partial charge is 0.237 e. The van der Waals surface area contributed by atoms with Crippen molar-refractivity contribution in [3.8, 4) is 0 Å². The molecule has 2 aliphatic rings. The largest absolute Gasteiger partial charge is 0.295 e. The summed E-state index contributed by atoms with van der Waals surface area (Å²) in [5, 5.41) is 5.22. The third-order valence-corrected chi connectivity index (χ3v) is 1.43. The van der Waals surface area contributed by atoms with Gasteiger partial charge in [0.2, 0.25) is 6.34 Å². The second kappa shape index (κ2) is 1.43. The quantitative estimate of drug-likeness (QED) is 0.321. The molecule has 0 saturated carbocycles. The van der Waals surface area contributed by atoms with Gasteiger partial charge in [-0.15, -0.1) is 5.84 Å². The molecule has 10 heavy (non-hydrogen) atoms. The Morgan fingerprint density at radius 2 is 2.40 bits per heavy atom. The van der Waals surface area contributed by atoms with Crippen LogP contribution < -0.4 is 11.7 Å². The number of hydrogen-bond acceptors (Lipinski definition) is 5. The Labute approximate surface area is 57.2 Å². The molecule has 1 unspecified atom stereocenters. The van der Waals surface area contributed by atoms with Gasteiger partial charge in [0.1, 0.15) is 6.20 Å². The highest BCUT2D eigenvalue weighted by molar-refractivity contribution is 5.63. The van der Waals surface area contributed by atoms with Gasteiger partial charge in [-0.3, -0.25) is 0 Å². The number of fused-ring (bicyclic) bond motifs is 1. The topological polar surface area (TPSA) is 80.0 Å². The molecule has 2 rings (SSSR count). The molecule has 0 amide bonds. The second-order valence-corrected chi connectivity index (χ2v) is 2.13. The standard InChI is InChI=1S/C4H7N6/c5-9-2-8-10(6)3-7-1-4(9)10/h1-3H,5-6H2/q+1. The summed E-state index contributed by atoms with van der Waals surface area (Å²) >= 11 is 0. The molecule has 0 aliphatic carbocycles. The van der Waals surface area contributed by atoms with E-state index in [1.165, 1.54) is 17.7 Å². The molecule has 6 nitrogen and oxygen atoms in total. The van der Waals surface area contributed by atoms with Gasteiger partial charge >= 0.3 is 0 Å². The maximum absolute atomic E-state index is 5.66. The number of nitrogens with zero attached hydrogens (tertiary/aromatic N) is 4. The van der Waals surface area contributed by atoms with Crippen LogP contribution >= 0.6 is 0 Å². The number of rotatable bonds is 0. The monoisotopic (exact) mass is 139 g/mol. The van der Waals surface area contributed by atoms with E-state index in [0.29, 0.717) is 5.82 Å². The van der Waals surface area contributed by atoms with Crippen LogP contribution in [0.3, 0.4) is 0 Å². The summed E-state index contributed by atoms with van der Waals surface area (Å²) in [6.07, 6.45) is 4.53. The molecule has 2 heterocycles. The van der Waals surface area contributed by atoms with E-state index in [4.69, 9.17) is 11.7 Å². The molecular formula is C4H7N6+. The first-order valence-electron chi connectivity index (χ1n) is 2.74. The van der Waals surface area contributed by atoms with Gasteiger partial charge in [0.15, 0.2) is 6.34 Å². The van der Waals surface area contributed by atoms with Crippen LogP contribution in [-0.2, 0) is 0 Å².